The van der Waals surface area contributed by atoms with Crippen molar-refractivity contribution in [3.05, 3.63) is 100 Å². The second-order valence-corrected chi connectivity index (χ2v) is 9.02. The van der Waals surface area contributed by atoms with E-state index in [4.69, 9.17) is 9.47 Å². The van der Waals surface area contributed by atoms with Gasteiger partial charge in [-0.05, 0) is 60.5 Å². The number of thioether (sulfide) groups is 1. The lowest BCUT2D eigenvalue weighted by molar-refractivity contribution is -0.136. The molecule has 0 radical (unpaired) electrons. The number of aliphatic imine (C=N–C) groups is 1. The van der Waals surface area contributed by atoms with Gasteiger partial charge in [0.15, 0.2) is 5.17 Å². The van der Waals surface area contributed by atoms with Crippen molar-refractivity contribution in [1.82, 2.24) is 5.32 Å². The molecule has 1 heterocycles. The number of amidine groups is 1. The van der Waals surface area contributed by atoms with Gasteiger partial charge in [0.2, 0.25) is 0 Å². The van der Waals surface area contributed by atoms with Gasteiger partial charge in [-0.1, -0.05) is 54.6 Å². The van der Waals surface area contributed by atoms with E-state index >= 15 is 0 Å². The average Bonchev–Trinajstić information content (AvgIpc) is 3.24. The van der Waals surface area contributed by atoms with Crippen molar-refractivity contribution < 1.29 is 23.5 Å². The van der Waals surface area contributed by atoms with Crippen LogP contribution in [0, 0.1) is 5.82 Å². The molecule has 0 bridgehead atoms. The molecule has 1 amide bonds. The predicted molar refractivity (Wildman–Crippen MR) is 145 cm³/mol. The van der Waals surface area contributed by atoms with Crippen molar-refractivity contribution in [2.24, 2.45) is 4.99 Å². The van der Waals surface area contributed by atoms with Gasteiger partial charge in [0.25, 0.3) is 5.91 Å². The van der Waals surface area contributed by atoms with Crippen molar-refractivity contribution in [1.29, 1.82) is 0 Å². The molecule has 0 aliphatic carbocycles. The van der Waals surface area contributed by atoms with Gasteiger partial charge in [-0.3, -0.25) is 4.79 Å². The fourth-order valence-electron chi connectivity index (χ4n) is 3.68. The second kappa shape index (κ2) is 11.7. The smallest absolute Gasteiger partial charge is 0.342 e. The maximum atomic E-state index is 15.0. The fourth-order valence-corrected chi connectivity index (χ4v) is 4.52. The minimum Gasteiger partial charge on any atom is -0.500 e. The molecule has 188 valence electrons. The van der Waals surface area contributed by atoms with Crippen LogP contribution in [0.15, 0.2) is 88.5 Å². The Labute approximate surface area is 218 Å². The highest BCUT2D eigenvalue weighted by atomic mass is 32.2. The van der Waals surface area contributed by atoms with Crippen LogP contribution < -0.4 is 5.32 Å². The van der Waals surface area contributed by atoms with Crippen LogP contribution in [0.5, 0.6) is 0 Å². The van der Waals surface area contributed by atoms with Gasteiger partial charge in [0.1, 0.15) is 17.1 Å². The number of methoxy groups -OCH3 is 1. The zero-order valence-electron chi connectivity index (χ0n) is 20.6. The fraction of sp³-hybridized carbons (Fsp3) is 0.138. The number of rotatable bonds is 7. The molecule has 0 atom stereocenters. The van der Waals surface area contributed by atoms with Crippen molar-refractivity contribution in [3.8, 4) is 11.1 Å². The van der Waals surface area contributed by atoms with Crippen LogP contribution in [0.4, 0.5) is 10.1 Å². The number of benzene rings is 3. The third-order valence-electron chi connectivity index (χ3n) is 5.56. The summed E-state index contributed by atoms with van der Waals surface area (Å²) in [7, 11) is 1.40. The molecular formula is C29H25FN2O4S. The number of nitrogens with zero attached hydrogens (tertiary/aromatic N) is 1. The monoisotopic (exact) mass is 516 g/mol. The number of esters is 1. The van der Waals surface area contributed by atoms with Gasteiger partial charge in [0, 0.05) is 11.6 Å². The van der Waals surface area contributed by atoms with Gasteiger partial charge in [-0.2, -0.15) is 0 Å². The van der Waals surface area contributed by atoms with Gasteiger partial charge in [-0.15, -0.1) is 0 Å². The van der Waals surface area contributed by atoms with Crippen molar-refractivity contribution in [2.75, 3.05) is 13.7 Å². The van der Waals surface area contributed by atoms with Crippen LogP contribution in [-0.2, 0) is 19.1 Å². The summed E-state index contributed by atoms with van der Waals surface area (Å²) >= 11 is 1.17. The predicted octanol–water partition coefficient (Wildman–Crippen LogP) is 6.32. The number of hydrogen-bond donors (Lipinski definition) is 1. The van der Waals surface area contributed by atoms with E-state index in [2.05, 4.69) is 10.3 Å². The van der Waals surface area contributed by atoms with Crippen molar-refractivity contribution in [2.45, 2.75) is 13.8 Å². The highest BCUT2D eigenvalue weighted by Gasteiger charge is 2.25. The van der Waals surface area contributed by atoms with Gasteiger partial charge in [0.05, 0.1) is 24.3 Å². The third-order valence-corrected chi connectivity index (χ3v) is 6.47. The molecule has 0 unspecified atom stereocenters. The van der Waals surface area contributed by atoms with Crippen LogP contribution >= 0.6 is 11.8 Å². The number of ether oxygens (including phenoxy) is 2. The van der Waals surface area contributed by atoms with Gasteiger partial charge in [-0.25, -0.2) is 14.2 Å². The van der Waals surface area contributed by atoms with E-state index in [-0.39, 0.29) is 35.1 Å². The lowest BCUT2D eigenvalue weighted by Crippen LogP contribution is -2.19. The molecule has 1 aliphatic heterocycles. The summed E-state index contributed by atoms with van der Waals surface area (Å²) < 4.78 is 25.2. The van der Waals surface area contributed by atoms with E-state index in [0.717, 1.165) is 16.7 Å². The number of carbonyl (C=O) groups excluding carboxylic acids is 2. The van der Waals surface area contributed by atoms with Gasteiger partial charge >= 0.3 is 5.97 Å². The summed E-state index contributed by atoms with van der Waals surface area (Å²) in [5.41, 5.74) is 3.42. The minimum absolute atomic E-state index is 0.00750. The number of hydrogen-bond acceptors (Lipinski definition) is 6. The van der Waals surface area contributed by atoms with E-state index in [1.165, 1.54) is 31.0 Å². The molecule has 6 nitrogen and oxygen atoms in total. The molecule has 1 fully saturated rings. The molecule has 3 aromatic rings. The molecule has 0 aromatic heterocycles. The van der Waals surface area contributed by atoms with Crippen LogP contribution in [0.1, 0.15) is 25.0 Å². The second-order valence-electron chi connectivity index (χ2n) is 7.99. The topological polar surface area (TPSA) is 77.0 Å². The first kappa shape index (κ1) is 25.9. The Kier molecular flexibility index (Phi) is 8.20. The van der Waals surface area contributed by atoms with Crippen LogP contribution in [0.25, 0.3) is 22.8 Å². The summed E-state index contributed by atoms with van der Waals surface area (Å²) in [6.45, 7) is 3.38. The van der Waals surface area contributed by atoms with Crippen LogP contribution in [-0.4, -0.2) is 30.8 Å². The van der Waals surface area contributed by atoms with Crippen molar-refractivity contribution >= 4 is 46.1 Å². The highest BCUT2D eigenvalue weighted by Crippen LogP contribution is 2.31. The lowest BCUT2D eigenvalue weighted by atomic mass is 10.0. The first-order chi connectivity index (χ1) is 17.9. The first-order valence-electron chi connectivity index (χ1n) is 11.6. The van der Waals surface area contributed by atoms with Gasteiger partial charge < -0.3 is 14.8 Å². The molecule has 1 saturated heterocycles. The molecule has 1 aliphatic rings. The van der Waals surface area contributed by atoms with E-state index < -0.39 is 11.8 Å². The van der Waals surface area contributed by atoms with E-state index in [1.54, 1.807) is 26.0 Å². The van der Waals surface area contributed by atoms with E-state index in [9.17, 15) is 14.0 Å². The van der Waals surface area contributed by atoms with Crippen LogP contribution in [0.2, 0.25) is 0 Å². The summed E-state index contributed by atoms with van der Waals surface area (Å²) in [6, 6.07) is 22.1. The largest absolute Gasteiger partial charge is 0.500 e. The Morgan fingerprint density at radius 3 is 2.41 bits per heavy atom. The maximum absolute atomic E-state index is 15.0. The SMILES string of the molecule is CCOC(=O)/C(=C(/C)OC)c1ccc(N=C2NC(=O)/C(=C\c3ccc(-c4ccccc4)cc3)S2)cc1F. The molecule has 0 saturated carbocycles. The minimum atomic E-state index is -0.676. The first-order valence-corrected chi connectivity index (χ1v) is 12.4. The zero-order chi connectivity index (χ0) is 26.4. The number of allylic oxidation sites excluding steroid dienone is 1. The normalized spacial score (nSPS) is 15.9. The van der Waals surface area contributed by atoms with E-state index in [0.29, 0.717) is 10.1 Å². The summed E-state index contributed by atoms with van der Waals surface area (Å²) in [5.74, 6) is -1.38. The Bertz CT molecular complexity index is 1410. The number of carbonyl (C=O) groups is 2. The van der Waals surface area contributed by atoms with Crippen LogP contribution in [0.3, 0.4) is 0 Å². The Morgan fingerprint density at radius 1 is 1.05 bits per heavy atom. The number of halogens is 1. The molecular weight excluding hydrogens is 491 g/mol. The van der Waals surface area contributed by atoms with E-state index in [1.807, 2.05) is 54.6 Å². The summed E-state index contributed by atoms with van der Waals surface area (Å²) in [6.07, 6.45) is 1.78. The molecule has 0 spiro atoms. The molecule has 37 heavy (non-hydrogen) atoms. The molecule has 4 rings (SSSR count). The maximum Gasteiger partial charge on any atom is 0.342 e. The highest BCUT2D eigenvalue weighted by molar-refractivity contribution is 8.18. The third kappa shape index (κ3) is 6.16. The average molecular weight is 517 g/mol. The summed E-state index contributed by atoms with van der Waals surface area (Å²) in [5, 5.41) is 3.04. The Balaban J connectivity index is 1.53. The Hall–Kier alpha value is -4.17. The lowest BCUT2D eigenvalue weighted by Gasteiger charge is -2.12. The number of nitrogens with one attached hydrogen (secondary N) is 1. The van der Waals surface area contributed by atoms with Crippen molar-refractivity contribution in [3.63, 3.8) is 0 Å². The molecule has 1 N–H and O–H groups in total. The Morgan fingerprint density at radius 2 is 1.76 bits per heavy atom. The quantitative estimate of drug-likeness (QED) is 0.226. The standard InChI is InChI=1S/C29H25FN2O4S/c1-4-36-28(34)26(18(2)35-3)23-15-14-22(17-24(23)30)31-29-32-27(33)25(37-29)16-19-10-12-21(13-11-19)20-8-6-5-7-9-20/h5-17H,4H2,1-3H3,(H,31,32,33)/b25-16+,26-18-. The summed E-state index contributed by atoms with van der Waals surface area (Å²) in [4.78, 5) is 29.7. The zero-order valence-corrected chi connectivity index (χ0v) is 21.4. The molecule has 8 heteroatoms. The molecule has 3 aromatic carbocycles. The number of amides is 1.